The van der Waals surface area contributed by atoms with Gasteiger partial charge in [-0.1, -0.05) is 32.0 Å². The normalized spacial score (nSPS) is 18.2. The van der Waals surface area contributed by atoms with Crippen LogP contribution in [0.5, 0.6) is 0 Å². The van der Waals surface area contributed by atoms with Crippen LogP contribution in [0.25, 0.3) is 10.9 Å². The van der Waals surface area contributed by atoms with Crippen molar-refractivity contribution in [2.24, 2.45) is 11.8 Å². The second-order valence-electron chi connectivity index (χ2n) is 6.21. The summed E-state index contributed by atoms with van der Waals surface area (Å²) in [5.74, 6) is 0.848. The highest BCUT2D eigenvalue weighted by Gasteiger charge is 2.27. The molecule has 1 unspecified atom stereocenters. The van der Waals surface area contributed by atoms with E-state index in [2.05, 4.69) is 48.4 Å². The van der Waals surface area contributed by atoms with Crippen LogP contribution < -0.4 is 5.32 Å². The van der Waals surface area contributed by atoms with E-state index >= 15 is 0 Å². The lowest BCUT2D eigenvalue weighted by atomic mass is 9.86. The van der Waals surface area contributed by atoms with Gasteiger partial charge in [0.25, 0.3) is 0 Å². The average Bonchev–Trinajstić information content (AvgIpc) is 2.82. The maximum atomic E-state index is 12.2. The van der Waals surface area contributed by atoms with E-state index in [1.165, 1.54) is 22.2 Å². The molecule has 0 saturated carbocycles. The van der Waals surface area contributed by atoms with Gasteiger partial charge in [-0.3, -0.25) is 4.79 Å². The van der Waals surface area contributed by atoms with Crippen molar-refractivity contribution in [1.29, 1.82) is 0 Å². The van der Waals surface area contributed by atoms with Crippen molar-refractivity contribution in [3.63, 3.8) is 0 Å². The Morgan fingerprint density at radius 2 is 2.20 bits per heavy atom. The van der Waals surface area contributed by atoms with Gasteiger partial charge in [0.15, 0.2) is 0 Å². The van der Waals surface area contributed by atoms with E-state index in [4.69, 9.17) is 0 Å². The van der Waals surface area contributed by atoms with Crippen LogP contribution in [0.15, 0.2) is 24.3 Å². The van der Waals surface area contributed by atoms with E-state index in [-0.39, 0.29) is 11.8 Å². The number of nitrogens with one attached hydrogen (secondary N) is 2. The molecule has 1 aromatic carbocycles. The van der Waals surface area contributed by atoms with Crippen LogP contribution in [0.3, 0.4) is 0 Å². The minimum Gasteiger partial charge on any atom is -0.358 e. The first-order valence-electron chi connectivity index (χ1n) is 7.51. The first kappa shape index (κ1) is 13.2. The Hall–Kier alpha value is -1.77. The van der Waals surface area contributed by atoms with Gasteiger partial charge in [-0.15, -0.1) is 0 Å². The molecule has 3 heteroatoms. The molecule has 3 rings (SSSR count). The van der Waals surface area contributed by atoms with Gasteiger partial charge in [-0.2, -0.15) is 0 Å². The summed E-state index contributed by atoms with van der Waals surface area (Å²) < 4.78 is 0. The molecule has 1 aliphatic carbocycles. The molecule has 0 radical (unpaired) electrons. The molecule has 0 fully saturated rings. The molecule has 1 amide bonds. The van der Waals surface area contributed by atoms with E-state index in [0.717, 1.165) is 25.8 Å². The zero-order valence-corrected chi connectivity index (χ0v) is 12.2. The summed E-state index contributed by atoms with van der Waals surface area (Å²) >= 11 is 0. The Morgan fingerprint density at radius 3 is 3.00 bits per heavy atom. The molecule has 1 aromatic heterocycles. The van der Waals surface area contributed by atoms with Crippen LogP contribution in [0.2, 0.25) is 0 Å². The number of carbonyl (C=O) groups excluding carboxylic acids is 1. The Kier molecular flexibility index (Phi) is 3.51. The number of aromatic nitrogens is 1. The first-order valence-corrected chi connectivity index (χ1v) is 7.51. The van der Waals surface area contributed by atoms with Crippen molar-refractivity contribution < 1.29 is 4.79 Å². The summed E-state index contributed by atoms with van der Waals surface area (Å²) in [5.41, 5.74) is 3.86. The van der Waals surface area contributed by atoms with Crippen molar-refractivity contribution in [2.75, 3.05) is 6.54 Å². The van der Waals surface area contributed by atoms with Crippen LogP contribution in [0.1, 0.15) is 31.5 Å². The highest BCUT2D eigenvalue weighted by Crippen LogP contribution is 2.31. The summed E-state index contributed by atoms with van der Waals surface area (Å²) in [4.78, 5) is 15.7. The number of carbonyl (C=O) groups is 1. The fourth-order valence-corrected chi connectivity index (χ4v) is 3.04. The fourth-order valence-electron chi connectivity index (χ4n) is 3.04. The number of H-pyrrole nitrogens is 1. The van der Waals surface area contributed by atoms with Crippen LogP contribution in [0, 0.1) is 11.8 Å². The van der Waals surface area contributed by atoms with E-state index in [1.807, 2.05) is 0 Å². The summed E-state index contributed by atoms with van der Waals surface area (Å²) in [6.07, 6.45) is 2.79. The smallest absolute Gasteiger partial charge is 0.223 e. The van der Waals surface area contributed by atoms with E-state index in [9.17, 15) is 4.79 Å². The molecule has 2 N–H and O–H groups in total. The molecule has 106 valence electrons. The van der Waals surface area contributed by atoms with Gasteiger partial charge in [-0.05, 0) is 36.8 Å². The van der Waals surface area contributed by atoms with Crippen molar-refractivity contribution >= 4 is 16.8 Å². The number of para-hydroxylation sites is 1. The summed E-state index contributed by atoms with van der Waals surface area (Å²) in [6.45, 7) is 5.02. The monoisotopic (exact) mass is 270 g/mol. The van der Waals surface area contributed by atoms with Gasteiger partial charge in [0.2, 0.25) is 5.91 Å². The van der Waals surface area contributed by atoms with Gasteiger partial charge >= 0.3 is 0 Å². The zero-order chi connectivity index (χ0) is 14.1. The van der Waals surface area contributed by atoms with Gasteiger partial charge in [0, 0.05) is 29.1 Å². The molecule has 0 aliphatic heterocycles. The number of hydrogen-bond donors (Lipinski definition) is 2. The lowest BCUT2D eigenvalue weighted by Gasteiger charge is -2.22. The number of aryl methyl sites for hydroxylation is 1. The third-order valence-electron chi connectivity index (χ3n) is 4.15. The van der Waals surface area contributed by atoms with E-state index in [0.29, 0.717) is 5.92 Å². The van der Waals surface area contributed by atoms with Crippen LogP contribution in [-0.2, 0) is 17.6 Å². The number of aromatic amines is 1. The quantitative estimate of drug-likeness (QED) is 0.884. The molecule has 1 heterocycles. The first-order chi connectivity index (χ1) is 9.65. The van der Waals surface area contributed by atoms with Crippen molar-refractivity contribution in [3.8, 4) is 0 Å². The van der Waals surface area contributed by atoms with Crippen molar-refractivity contribution in [2.45, 2.75) is 33.1 Å². The molecule has 20 heavy (non-hydrogen) atoms. The van der Waals surface area contributed by atoms with Crippen molar-refractivity contribution in [1.82, 2.24) is 10.3 Å². The number of rotatable bonds is 3. The molecular formula is C17H22N2O. The van der Waals surface area contributed by atoms with Gasteiger partial charge in [0.05, 0.1) is 0 Å². The van der Waals surface area contributed by atoms with Crippen LogP contribution in [0.4, 0.5) is 0 Å². The number of benzene rings is 1. The number of fused-ring (bicyclic) bond motifs is 3. The average molecular weight is 270 g/mol. The SMILES string of the molecule is CC(C)CNC(=O)C1CCc2[nH]c3ccccc3c2C1. The Morgan fingerprint density at radius 1 is 1.40 bits per heavy atom. The topological polar surface area (TPSA) is 44.9 Å². The maximum absolute atomic E-state index is 12.2. The maximum Gasteiger partial charge on any atom is 0.223 e. The molecule has 0 saturated heterocycles. The lowest BCUT2D eigenvalue weighted by Crippen LogP contribution is -2.35. The standard InChI is InChI=1S/C17H22N2O/c1-11(2)10-18-17(20)12-7-8-16-14(9-12)13-5-3-4-6-15(13)19-16/h3-6,11-12,19H,7-10H2,1-2H3,(H,18,20). The van der Waals surface area contributed by atoms with E-state index < -0.39 is 0 Å². The summed E-state index contributed by atoms with van der Waals surface area (Å²) in [5, 5.41) is 4.36. The molecule has 3 nitrogen and oxygen atoms in total. The number of hydrogen-bond acceptors (Lipinski definition) is 1. The molecule has 1 atom stereocenters. The predicted molar refractivity (Wildman–Crippen MR) is 81.7 cm³/mol. The third kappa shape index (κ3) is 2.45. The second kappa shape index (κ2) is 5.31. The van der Waals surface area contributed by atoms with Crippen LogP contribution >= 0.6 is 0 Å². The minimum absolute atomic E-state index is 0.125. The van der Waals surface area contributed by atoms with Crippen molar-refractivity contribution in [3.05, 3.63) is 35.5 Å². The Labute approximate surface area is 119 Å². The van der Waals surface area contributed by atoms with Gasteiger partial charge in [-0.25, -0.2) is 0 Å². The largest absolute Gasteiger partial charge is 0.358 e. The second-order valence-corrected chi connectivity index (χ2v) is 6.21. The minimum atomic E-state index is 0.125. The molecule has 0 spiro atoms. The molecular weight excluding hydrogens is 248 g/mol. The highest BCUT2D eigenvalue weighted by molar-refractivity contribution is 5.86. The molecule has 1 aliphatic rings. The highest BCUT2D eigenvalue weighted by atomic mass is 16.1. The zero-order valence-electron chi connectivity index (χ0n) is 12.2. The molecule has 0 bridgehead atoms. The fraction of sp³-hybridized carbons (Fsp3) is 0.471. The van der Waals surface area contributed by atoms with E-state index in [1.54, 1.807) is 0 Å². The number of amides is 1. The third-order valence-corrected chi connectivity index (χ3v) is 4.15. The van der Waals surface area contributed by atoms with Crippen LogP contribution in [-0.4, -0.2) is 17.4 Å². The summed E-state index contributed by atoms with van der Waals surface area (Å²) in [7, 11) is 0. The lowest BCUT2D eigenvalue weighted by molar-refractivity contribution is -0.125. The Balaban J connectivity index is 1.79. The summed E-state index contributed by atoms with van der Waals surface area (Å²) in [6, 6.07) is 8.39. The van der Waals surface area contributed by atoms with Gasteiger partial charge < -0.3 is 10.3 Å². The Bertz CT molecular complexity index is 627. The molecule has 2 aromatic rings. The predicted octanol–water partition coefficient (Wildman–Crippen LogP) is 3.05. The van der Waals surface area contributed by atoms with Gasteiger partial charge in [0.1, 0.15) is 0 Å².